The molecular weight excluding hydrogens is 386 g/mol. The lowest BCUT2D eigenvalue weighted by Gasteiger charge is -2.26. The number of hydrogen-bond donors (Lipinski definition) is 2. The third-order valence-electron chi connectivity index (χ3n) is 5.92. The average molecular weight is 424 g/mol. The van der Waals surface area contributed by atoms with Gasteiger partial charge >= 0.3 is 0 Å². The van der Waals surface area contributed by atoms with Gasteiger partial charge in [0.1, 0.15) is 0 Å². The summed E-state index contributed by atoms with van der Waals surface area (Å²) < 4.78 is 5.41. The van der Waals surface area contributed by atoms with Gasteiger partial charge in [0, 0.05) is 32.2 Å². The predicted molar refractivity (Wildman–Crippen MR) is 126 cm³/mol. The zero-order valence-corrected chi connectivity index (χ0v) is 19.2. The van der Waals surface area contributed by atoms with E-state index < -0.39 is 0 Å². The number of morpholine rings is 1. The summed E-state index contributed by atoms with van der Waals surface area (Å²) in [6.45, 7) is 12.0. The first-order valence-electron chi connectivity index (χ1n) is 11.5. The van der Waals surface area contributed by atoms with Crippen molar-refractivity contribution in [3.63, 3.8) is 0 Å². The van der Waals surface area contributed by atoms with Crippen molar-refractivity contribution in [2.24, 2.45) is 5.92 Å². The molecule has 2 N–H and O–H groups in total. The third-order valence-corrected chi connectivity index (χ3v) is 5.92. The largest absolute Gasteiger partial charge is 0.379 e. The maximum atomic E-state index is 12.4. The van der Waals surface area contributed by atoms with Gasteiger partial charge in [-0.25, -0.2) is 0 Å². The van der Waals surface area contributed by atoms with Crippen molar-refractivity contribution < 1.29 is 9.53 Å². The molecule has 1 aliphatic rings. The SMILES string of the molecule is CCc1ccc([C@@H](NCC(=O)NCc2ccc(CN3CCOCC3)cc2)C(C)C)cc1. The molecule has 5 nitrogen and oxygen atoms in total. The van der Waals surface area contributed by atoms with E-state index in [0.717, 1.165) is 44.8 Å². The van der Waals surface area contributed by atoms with E-state index in [9.17, 15) is 4.79 Å². The molecule has 1 amide bonds. The van der Waals surface area contributed by atoms with E-state index in [1.807, 2.05) is 0 Å². The standard InChI is InChI=1S/C26H37N3O2/c1-4-21-9-11-24(12-10-21)26(20(2)3)28-18-25(30)27-17-22-5-7-23(8-6-22)19-29-13-15-31-16-14-29/h5-12,20,26,28H,4,13-19H2,1-3H3,(H,27,30)/t26-/m0/s1. The van der Waals surface area contributed by atoms with Crippen molar-refractivity contribution >= 4 is 5.91 Å². The highest BCUT2D eigenvalue weighted by atomic mass is 16.5. The summed E-state index contributed by atoms with van der Waals surface area (Å²) in [6.07, 6.45) is 1.04. The second-order valence-corrected chi connectivity index (χ2v) is 8.68. The Morgan fingerprint density at radius 3 is 2.19 bits per heavy atom. The van der Waals surface area contributed by atoms with Crippen LogP contribution in [0.2, 0.25) is 0 Å². The number of rotatable bonds is 10. The minimum atomic E-state index is 0.0215. The maximum Gasteiger partial charge on any atom is 0.234 e. The summed E-state index contributed by atoms with van der Waals surface area (Å²) in [5.74, 6) is 0.424. The highest BCUT2D eigenvalue weighted by Crippen LogP contribution is 2.22. The first kappa shape index (κ1) is 23.5. The van der Waals surface area contributed by atoms with Gasteiger partial charge in [0.15, 0.2) is 0 Å². The van der Waals surface area contributed by atoms with Crippen molar-refractivity contribution in [3.8, 4) is 0 Å². The van der Waals surface area contributed by atoms with Crippen molar-refractivity contribution in [1.82, 2.24) is 15.5 Å². The molecule has 1 aliphatic heterocycles. The summed E-state index contributed by atoms with van der Waals surface area (Å²) in [6, 6.07) is 17.4. The van der Waals surface area contributed by atoms with Crippen LogP contribution in [0.1, 0.15) is 49.1 Å². The quantitative estimate of drug-likeness (QED) is 0.612. The van der Waals surface area contributed by atoms with Crippen molar-refractivity contribution in [3.05, 3.63) is 70.8 Å². The molecule has 2 aromatic carbocycles. The Balaban J connectivity index is 1.44. The molecule has 0 radical (unpaired) electrons. The number of amides is 1. The van der Waals surface area contributed by atoms with E-state index >= 15 is 0 Å². The van der Waals surface area contributed by atoms with Crippen LogP contribution in [0, 0.1) is 5.92 Å². The summed E-state index contributed by atoms with van der Waals surface area (Å²) >= 11 is 0. The van der Waals surface area contributed by atoms with Gasteiger partial charge in [-0.2, -0.15) is 0 Å². The number of hydrogen-bond acceptors (Lipinski definition) is 4. The zero-order chi connectivity index (χ0) is 22.1. The Bertz CT molecular complexity index is 796. The Morgan fingerprint density at radius 2 is 1.58 bits per heavy atom. The van der Waals surface area contributed by atoms with Crippen LogP contribution in [0.3, 0.4) is 0 Å². The van der Waals surface area contributed by atoms with Gasteiger partial charge in [0.05, 0.1) is 19.8 Å². The molecule has 0 unspecified atom stereocenters. The van der Waals surface area contributed by atoms with Gasteiger partial charge in [-0.1, -0.05) is 69.3 Å². The summed E-state index contributed by atoms with van der Waals surface area (Å²) in [7, 11) is 0. The van der Waals surface area contributed by atoms with Crippen LogP contribution in [0.25, 0.3) is 0 Å². The molecule has 0 aliphatic carbocycles. The molecule has 0 saturated carbocycles. The second-order valence-electron chi connectivity index (χ2n) is 8.68. The minimum absolute atomic E-state index is 0.0215. The molecular formula is C26H37N3O2. The van der Waals surface area contributed by atoms with E-state index in [4.69, 9.17) is 4.74 Å². The average Bonchev–Trinajstić information content (AvgIpc) is 2.79. The number of nitrogens with one attached hydrogen (secondary N) is 2. The maximum absolute atomic E-state index is 12.4. The molecule has 1 atom stereocenters. The van der Waals surface area contributed by atoms with Crippen LogP contribution in [0.15, 0.2) is 48.5 Å². The molecule has 1 heterocycles. The van der Waals surface area contributed by atoms with Gasteiger partial charge in [-0.15, -0.1) is 0 Å². The highest BCUT2D eigenvalue weighted by Gasteiger charge is 2.16. The van der Waals surface area contributed by atoms with Crippen LogP contribution in [-0.2, 0) is 29.0 Å². The topological polar surface area (TPSA) is 53.6 Å². The van der Waals surface area contributed by atoms with Crippen LogP contribution in [0.4, 0.5) is 0 Å². The molecule has 168 valence electrons. The van der Waals surface area contributed by atoms with Crippen LogP contribution < -0.4 is 10.6 Å². The summed E-state index contributed by atoms with van der Waals surface area (Å²) in [5, 5.41) is 6.47. The molecule has 3 rings (SSSR count). The Morgan fingerprint density at radius 1 is 0.968 bits per heavy atom. The normalized spacial score (nSPS) is 15.7. The molecule has 5 heteroatoms. The molecule has 0 aromatic heterocycles. The monoisotopic (exact) mass is 423 g/mol. The van der Waals surface area contributed by atoms with E-state index in [1.54, 1.807) is 0 Å². The van der Waals surface area contributed by atoms with Gasteiger partial charge in [-0.3, -0.25) is 9.69 Å². The predicted octanol–water partition coefficient (Wildman–Crippen LogP) is 3.68. The van der Waals surface area contributed by atoms with Gasteiger partial charge in [0.2, 0.25) is 5.91 Å². The zero-order valence-electron chi connectivity index (χ0n) is 19.2. The lowest BCUT2D eigenvalue weighted by atomic mass is 9.95. The fraction of sp³-hybridized carbons (Fsp3) is 0.500. The first-order valence-corrected chi connectivity index (χ1v) is 11.5. The number of ether oxygens (including phenoxy) is 1. The van der Waals surface area contributed by atoms with Crippen molar-refractivity contribution in [1.29, 1.82) is 0 Å². The Kier molecular flexibility index (Phi) is 9.07. The van der Waals surface area contributed by atoms with Crippen LogP contribution >= 0.6 is 0 Å². The number of carbonyl (C=O) groups excluding carboxylic acids is 1. The van der Waals surface area contributed by atoms with E-state index in [-0.39, 0.29) is 11.9 Å². The van der Waals surface area contributed by atoms with Crippen molar-refractivity contribution in [2.75, 3.05) is 32.8 Å². The fourth-order valence-corrected chi connectivity index (χ4v) is 3.94. The van der Waals surface area contributed by atoms with Gasteiger partial charge in [0.25, 0.3) is 0 Å². The summed E-state index contributed by atoms with van der Waals surface area (Å²) in [4.78, 5) is 14.8. The van der Waals surface area contributed by atoms with E-state index in [0.29, 0.717) is 19.0 Å². The molecule has 0 bridgehead atoms. The summed E-state index contributed by atoms with van der Waals surface area (Å²) in [5.41, 5.74) is 4.98. The van der Waals surface area contributed by atoms with Gasteiger partial charge < -0.3 is 15.4 Å². The van der Waals surface area contributed by atoms with Crippen LogP contribution in [-0.4, -0.2) is 43.7 Å². The second kappa shape index (κ2) is 12.0. The minimum Gasteiger partial charge on any atom is -0.379 e. The lowest BCUT2D eigenvalue weighted by molar-refractivity contribution is -0.120. The number of carbonyl (C=O) groups is 1. The first-order chi connectivity index (χ1) is 15.0. The number of aryl methyl sites for hydroxylation is 1. The lowest BCUT2D eigenvalue weighted by Crippen LogP contribution is -2.37. The highest BCUT2D eigenvalue weighted by molar-refractivity contribution is 5.78. The molecule has 31 heavy (non-hydrogen) atoms. The molecule has 1 saturated heterocycles. The fourth-order valence-electron chi connectivity index (χ4n) is 3.94. The molecule has 2 aromatic rings. The molecule has 1 fully saturated rings. The Hall–Kier alpha value is -2.21. The van der Waals surface area contributed by atoms with E-state index in [1.165, 1.54) is 16.7 Å². The third kappa shape index (κ3) is 7.46. The van der Waals surface area contributed by atoms with E-state index in [2.05, 4.69) is 84.8 Å². The van der Waals surface area contributed by atoms with Gasteiger partial charge in [-0.05, 0) is 34.6 Å². The number of nitrogens with zero attached hydrogens (tertiary/aromatic N) is 1. The number of benzene rings is 2. The smallest absolute Gasteiger partial charge is 0.234 e. The molecule has 0 spiro atoms. The Labute approximate surface area is 187 Å². The van der Waals surface area contributed by atoms with Crippen LogP contribution in [0.5, 0.6) is 0 Å². The van der Waals surface area contributed by atoms with Crippen molar-refractivity contribution in [2.45, 2.75) is 46.3 Å².